The lowest BCUT2D eigenvalue weighted by Crippen LogP contribution is -2.22. The molecule has 0 aliphatic heterocycles. The van der Waals surface area contributed by atoms with E-state index in [1.54, 1.807) is 54.6 Å². The third kappa shape index (κ3) is 3.56. The van der Waals surface area contributed by atoms with Crippen LogP contribution in [0.5, 0.6) is 0 Å². The van der Waals surface area contributed by atoms with Crippen LogP contribution >= 0.6 is 34.8 Å². The van der Waals surface area contributed by atoms with Crippen LogP contribution in [0.4, 0.5) is 4.39 Å². The Balaban J connectivity index is 1.86. The number of benzene rings is 3. The van der Waals surface area contributed by atoms with Gasteiger partial charge < -0.3 is 0 Å². The third-order valence-corrected chi connectivity index (χ3v) is 5.73. The normalized spacial score (nSPS) is 11.2. The van der Waals surface area contributed by atoms with Crippen LogP contribution in [0.1, 0.15) is 0 Å². The summed E-state index contributed by atoms with van der Waals surface area (Å²) in [7, 11) is 0. The topological polar surface area (TPSA) is 52.7 Å². The molecule has 0 amide bonds. The number of rotatable bonds is 3. The van der Waals surface area contributed by atoms with Crippen molar-refractivity contribution < 1.29 is 4.39 Å². The number of fused-ring (bicyclic) bond motifs is 1. The molecule has 0 unspecified atom stereocenters. The van der Waals surface area contributed by atoms with Crippen molar-refractivity contribution in [3.05, 3.63) is 104 Å². The number of nitrogens with zero attached hydrogens (tertiary/aromatic N) is 4. The van der Waals surface area contributed by atoms with E-state index in [0.717, 1.165) is 0 Å². The first-order valence-electron chi connectivity index (χ1n) is 9.40. The molecule has 9 heteroatoms. The van der Waals surface area contributed by atoms with Crippen LogP contribution in [0.25, 0.3) is 33.8 Å². The lowest BCUT2D eigenvalue weighted by molar-refractivity contribution is 0.627. The molecule has 0 bridgehead atoms. The second-order valence-corrected chi connectivity index (χ2v) is 8.23. The Labute approximate surface area is 196 Å². The summed E-state index contributed by atoms with van der Waals surface area (Å²) >= 11 is 18.6. The quantitative estimate of drug-likeness (QED) is 0.300. The minimum absolute atomic E-state index is 0.290. The zero-order valence-corrected chi connectivity index (χ0v) is 18.4. The maximum absolute atomic E-state index is 13.6. The molecule has 0 atom stereocenters. The monoisotopic (exact) mass is 484 g/mol. The van der Waals surface area contributed by atoms with Gasteiger partial charge >= 0.3 is 0 Å². The van der Waals surface area contributed by atoms with Gasteiger partial charge in [0.25, 0.3) is 5.56 Å². The molecule has 0 aliphatic rings. The van der Waals surface area contributed by atoms with E-state index in [0.29, 0.717) is 43.5 Å². The number of aromatic nitrogens is 4. The largest absolute Gasteiger partial charge is 0.269 e. The molecule has 2 heterocycles. The van der Waals surface area contributed by atoms with Crippen molar-refractivity contribution in [3.8, 4) is 22.8 Å². The maximum atomic E-state index is 13.6. The number of hydrogen-bond donors (Lipinski definition) is 0. The zero-order chi connectivity index (χ0) is 22.4. The summed E-state index contributed by atoms with van der Waals surface area (Å²) in [6.07, 6.45) is 1.44. The Kier molecular flexibility index (Phi) is 5.21. The van der Waals surface area contributed by atoms with E-state index in [2.05, 4.69) is 5.10 Å². The molecule has 5 aromatic rings. The van der Waals surface area contributed by atoms with E-state index >= 15 is 0 Å². The smallest absolute Gasteiger partial charge is 0.268 e. The highest BCUT2D eigenvalue weighted by molar-refractivity contribution is 6.36. The van der Waals surface area contributed by atoms with Crippen LogP contribution in [0.3, 0.4) is 0 Å². The van der Waals surface area contributed by atoms with Crippen LogP contribution in [0.15, 0.2) is 77.7 Å². The van der Waals surface area contributed by atoms with Gasteiger partial charge in [-0.3, -0.25) is 9.36 Å². The first kappa shape index (κ1) is 20.7. The fraction of sp³-hybridized carbons (Fsp3) is 0. The van der Waals surface area contributed by atoms with E-state index in [-0.39, 0.29) is 16.8 Å². The summed E-state index contributed by atoms with van der Waals surface area (Å²) in [6, 6.07) is 17.5. The molecule has 5 nitrogen and oxygen atoms in total. The molecule has 5 rings (SSSR count). The molecule has 3 aromatic carbocycles. The van der Waals surface area contributed by atoms with E-state index in [4.69, 9.17) is 39.8 Å². The molecular weight excluding hydrogens is 474 g/mol. The summed E-state index contributed by atoms with van der Waals surface area (Å²) in [6.45, 7) is 0. The van der Waals surface area contributed by atoms with Gasteiger partial charge in [0.1, 0.15) is 11.2 Å². The molecule has 2 aromatic heterocycles. The van der Waals surface area contributed by atoms with Crippen molar-refractivity contribution in [2.24, 2.45) is 0 Å². The van der Waals surface area contributed by atoms with Gasteiger partial charge in [0, 0.05) is 15.6 Å². The molecule has 32 heavy (non-hydrogen) atoms. The first-order chi connectivity index (χ1) is 15.4. The van der Waals surface area contributed by atoms with Crippen LogP contribution in [0.2, 0.25) is 15.1 Å². The van der Waals surface area contributed by atoms with Gasteiger partial charge in [-0.2, -0.15) is 5.10 Å². The molecular formula is C23H12Cl3FN4O. The standard InChI is InChI=1S/C23H12Cl3FN4O/c24-13-1-6-16(7-2-13)30-21(18-10-3-14(25)11-20(18)26)29-22-19(23(30)32)12-28-31(22)17-8-4-15(27)5-9-17/h1-12H. The van der Waals surface area contributed by atoms with Gasteiger partial charge in [0.2, 0.25) is 0 Å². The number of hydrogen-bond acceptors (Lipinski definition) is 3. The Morgan fingerprint density at radius 2 is 1.47 bits per heavy atom. The van der Waals surface area contributed by atoms with Crippen molar-refractivity contribution in [1.82, 2.24) is 19.3 Å². The van der Waals surface area contributed by atoms with Crippen molar-refractivity contribution in [3.63, 3.8) is 0 Å². The van der Waals surface area contributed by atoms with E-state index in [1.165, 1.54) is 27.6 Å². The zero-order valence-electron chi connectivity index (χ0n) is 16.1. The van der Waals surface area contributed by atoms with Gasteiger partial charge in [-0.05, 0) is 66.7 Å². The van der Waals surface area contributed by atoms with Crippen molar-refractivity contribution in [2.75, 3.05) is 0 Å². The third-order valence-electron chi connectivity index (χ3n) is 4.93. The number of halogens is 4. The minimum atomic E-state index is -0.378. The predicted octanol–water partition coefficient (Wildman–Crippen LogP) is 6.34. The van der Waals surface area contributed by atoms with Crippen LogP contribution in [-0.2, 0) is 0 Å². The highest BCUT2D eigenvalue weighted by atomic mass is 35.5. The van der Waals surface area contributed by atoms with Gasteiger partial charge in [0.05, 0.1) is 22.6 Å². The molecule has 158 valence electrons. The Morgan fingerprint density at radius 3 is 2.16 bits per heavy atom. The lowest BCUT2D eigenvalue weighted by atomic mass is 10.2. The SMILES string of the molecule is O=c1c2cnn(-c3ccc(F)cc3)c2nc(-c2ccc(Cl)cc2Cl)n1-c1ccc(Cl)cc1. The average Bonchev–Trinajstić information content (AvgIpc) is 3.19. The second-order valence-electron chi connectivity index (χ2n) is 6.95. The van der Waals surface area contributed by atoms with E-state index in [9.17, 15) is 9.18 Å². The van der Waals surface area contributed by atoms with Gasteiger partial charge in [0.15, 0.2) is 11.5 Å². The lowest BCUT2D eigenvalue weighted by Gasteiger charge is -2.14. The fourth-order valence-corrected chi connectivity index (χ4v) is 4.04. The molecule has 0 N–H and O–H groups in total. The van der Waals surface area contributed by atoms with Crippen molar-refractivity contribution >= 4 is 45.8 Å². The van der Waals surface area contributed by atoms with Gasteiger partial charge in [-0.25, -0.2) is 14.1 Å². The molecule has 0 radical (unpaired) electrons. The highest BCUT2D eigenvalue weighted by Crippen LogP contribution is 2.31. The minimum Gasteiger partial charge on any atom is -0.268 e. The summed E-state index contributed by atoms with van der Waals surface area (Å²) in [5.74, 6) is -0.0766. The highest BCUT2D eigenvalue weighted by Gasteiger charge is 2.20. The maximum Gasteiger partial charge on any atom is 0.269 e. The van der Waals surface area contributed by atoms with Gasteiger partial charge in [-0.1, -0.05) is 34.8 Å². The Morgan fingerprint density at radius 1 is 0.812 bits per heavy atom. The molecule has 0 saturated carbocycles. The average molecular weight is 486 g/mol. The van der Waals surface area contributed by atoms with Crippen LogP contribution in [0, 0.1) is 5.82 Å². The van der Waals surface area contributed by atoms with E-state index in [1.807, 2.05) is 0 Å². The molecule has 0 spiro atoms. The first-order valence-corrected chi connectivity index (χ1v) is 10.5. The molecule has 0 saturated heterocycles. The summed E-state index contributed by atoms with van der Waals surface area (Å²) in [5.41, 5.74) is 1.60. The van der Waals surface area contributed by atoms with Crippen LogP contribution in [-0.4, -0.2) is 19.3 Å². The van der Waals surface area contributed by atoms with Crippen LogP contribution < -0.4 is 5.56 Å². The Hall–Kier alpha value is -3.19. The Bertz CT molecular complexity index is 1530. The second kappa shape index (κ2) is 8.06. The van der Waals surface area contributed by atoms with Crippen molar-refractivity contribution in [2.45, 2.75) is 0 Å². The summed E-state index contributed by atoms with van der Waals surface area (Å²) < 4.78 is 16.3. The van der Waals surface area contributed by atoms with Crippen molar-refractivity contribution in [1.29, 1.82) is 0 Å². The summed E-state index contributed by atoms with van der Waals surface area (Å²) in [5, 5.41) is 5.93. The predicted molar refractivity (Wildman–Crippen MR) is 125 cm³/mol. The molecule has 0 fully saturated rings. The van der Waals surface area contributed by atoms with Gasteiger partial charge in [-0.15, -0.1) is 0 Å². The summed E-state index contributed by atoms with van der Waals surface area (Å²) in [4.78, 5) is 18.4. The van der Waals surface area contributed by atoms with E-state index < -0.39 is 0 Å². The molecule has 0 aliphatic carbocycles. The fourth-order valence-electron chi connectivity index (χ4n) is 3.42.